The molecule has 0 fully saturated rings. The molecule has 2 aromatic carbocycles. The fraction of sp³-hybridized carbons (Fsp3) is 0.143. The molecule has 1 N–H and O–H groups in total. The summed E-state index contributed by atoms with van der Waals surface area (Å²) in [6.07, 6.45) is -1.58. The van der Waals surface area contributed by atoms with E-state index in [1.807, 2.05) is 0 Å². The first-order chi connectivity index (χ1) is 8.91. The standard InChI is InChI=1S/C14H10BrF3O/c1-7-2-5-11(17)12(13(7)18)14(19)9-6-8(16)3-4-10(9)15/h2-6,14,19H,1H3. The summed E-state index contributed by atoms with van der Waals surface area (Å²) in [7, 11) is 0. The summed E-state index contributed by atoms with van der Waals surface area (Å²) in [6.45, 7) is 1.46. The lowest BCUT2D eigenvalue weighted by atomic mass is 9.98. The van der Waals surface area contributed by atoms with Crippen LogP contribution in [0.25, 0.3) is 0 Å². The molecular formula is C14H10BrF3O. The van der Waals surface area contributed by atoms with Gasteiger partial charge in [0.2, 0.25) is 0 Å². The highest BCUT2D eigenvalue weighted by Crippen LogP contribution is 2.32. The Morgan fingerprint density at radius 3 is 2.47 bits per heavy atom. The Morgan fingerprint density at radius 2 is 1.79 bits per heavy atom. The smallest absolute Gasteiger partial charge is 0.135 e. The molecule has 0 saturated heterocycles. The Labute approximate surface area is 116 Å². The topological polar surface area (TPSA) is 20.2 Å². The van der Waals surface area contributed by atoms with Crippen LogP contribution in [0.4, 0.5) is 13.2 Å². The number of hydrogen-bond donors (Lipinski definition) is 1. The van der Waals surface area contributed by atoms with Crippen LogP contribution in [0.5, 0.6) is 0 Å². The number of aliphatic hydroxyl groups is 1. The molecule has 2 aromatic rings. The first-order valence-corrected chi connectivity index (χ1v) is 6.28. The van der Waals surface area contributed by atoms with Crippen molar-refractivity contribution in [1.82, 2.24) is 0 Å². The van der Waals surface area contributed by atoms with Gasteiger partial charge in [0, 0.05) is 10.0 Å². The van der Waals surface area contributed by atoms with Crippen molar-refractivity contribution >= 4 is 15.9 Å². The zero-order chi connectivity index (χ0) is 14.2. The summed E-state index contributed by atoms with van der Waals surface area (Å²) in [5.41, 5.74) is -0.197. The van der Waals surface area contributed by atoms with Gasteiger partial charge in [-0.25, -0.2) is 13.2 Å². The van der Waals surface area contributed by atoms with Crippen LogP contribution in [0.2, 0.25) is 0 Å². The van der Waals surface area contributed by atoms with Crippen LogP contribution in [0, 0.1) is 24.4 Å². The highest BCUT2D eigenvalue weighted by molar-refractivity contribution is 9.10. The summed E-state index contributed by atoms with van der Waals surface area (Å²) in [4.78, 5) is 0. The Morgan fingerprint density at radius 1 is 1.11 bits per heavy atom. The molecule has 0 aliphatic heterocycles. The number of benzene rings is 2. The van der Waals surface area contributed by atoms with Crippen molar-refractivity contribution in [3.8, 4) is 0 Å². The van der Waals surface area contributed by atoms with Gasteiger partial charge in [-0.1, -0.05) is 22.0 Å². The van der Waals surface area contributed by atoms with E-state index in [2.05, 4.69) is 15.9 Å². The summed E-state index contributed by atoms with van der Waals surface area (Å²) < 4.78 is 41.2. The second kappa shape index (κ2) is 5.35. The number of halogens is 4. The van der Waals surface area contributed by atoms with Crippen LogP contribution >= 0.6 is 15.9 Å². The molecule has 100 valence electrons. The third-order valence-electron chi connectivity index (χ3n) is 2.85. The van der Waals surface area contributed by atoms with E-state index in [0.29, 0.717) is 4.47 Å². The molecular weight excluding hydrogens is 321 g/mol. The maximum Gasteiger partial charge on any atom is 0.135 e. The van der Waals surface area contributed by atoms with Crippen molar-refractivity contribution in [2.24, 2.45) is 0 Å². The molecule has 0 aromatic heterocycles. The van der Waals surface area contributed by atoms with Crippen LogP contribution in [0.15, 0.2) is 34.8 Å². The highest BCUT2D eigenvalue weighted by Gasteiger charge is 2.23. The van der Waals surface area contributed by atoms with Gasteiger partial charge in [0.25, 0.3) is 0 Å². The minimum absolute atomic E-state index is 0.0726. The number of hydrogen-bond acceptors (Lipinski definition) is 1. The predicted octanol–water partition coefficient (Wildman–Crippen LogP) is 4.26. The molecule has 0 spiro atoms. The van der Waals surface area contributed by atoms with Crippen molar-refractivity contribution in [1.29, 1.82) is 0 Å². The van der Waals surface area contributed by atoms with Gasteiger partial charge < -0.3 is 5.11 Å². The maximum atomic E-state index is 13.9. The first kappa shape index (κ1) is 14.1. The molecule has 0 radical (unpaired) electrons. The fourth-order valence-corrected chi connectivity index (χ4v) is 2.27. The Kier molecular flexibility index (Phi) is 3.96. The van der Waals surface area contributed by atoms with Gasteiger partial charge in [-0.2, -0.15) is 0 Å². The van der Waals surface area contributed by atoms with Crippen molar-refractivity contribution in [3.05, 3.63) is 68.9 Å². The quantitative estimate of drug-likeness (QED) is 0.872. The SMILES string of the molecule is Cc1ccc(F)c(C(O)c2cc(F)ccc2Br)c1F. The van der Waals surface area contributed by atoms with Crippen molar-refractivity contribution < 1.29 is 18.3 Å². The zero-order valence-electron chi connectivity index (χ0n) is 9.92. The second-order valence-corrected chi connectivity index (χ2v) is 5.01. The van der Waals surface area contributed by atoms with Crippen LogP contribution in [0.1, 0.15) is 22.8 Å². The highest BCUT2D eigenvalue weighted by atomic mass is 79.9. The van der Waals surface area contributed by atoms with E-state index < -0.39 is 29.1 Å². The molecule has 2 rings (SSSR count). The monoisotopic (exact) mass is 330 g/mol. The van der Waals surface area contributed by atoms with Crippen molar-refractivity contribution in [2.75, 3.05) is 0 Å². The molecule has 0 amide bonds. The van der Waals surface area contributed by atoms with E-state index in [0.717, 1.165) is 12.1 Å². The zero-order valence-corrected chi connectivity index (χ0v) is 11.5. The minimum atomic E-state index is -1.58. The van der Waals surface area contributed by atoms with Crippen LogP contribution in [0.3, 0.4) is 0 Å². The largest absolute Gasteiger partial charge is 0.383 e. The summed E-state index contributed by atoms with van der Waals surface area (Å²) in [5, 5.41) is 10.1. The molecule has 1 atom stereocenters. The lowest BCUT2D eigenvalue weighted by Crippen LogP contribution is -2.08. The van der Waals surface area contributed by atoms with Gasteiger partial charge in [-0.3, -0.25) is 0 Å². The van der Waals surface area contributed by atoms with Crippen molar-refractivity contribution in [2.45, 2.75) is 13.0 Å². The van der Waals surface area contributed by atoms with E-state index in [1.54, 1.807) is 0 Å². The lowest BCUT2D eigenvalue weighted by Gasteiger charge is -2.16. The normalized spacial score (nSPS) is 12.5. The van der Waals surface area contributed by atoms with Crippen LogP contribution in [-0.4, -0.2) is 5.11 Å². The minimum Gasteiger partial charge on any atom is -0.383 e. The van der Waals surface area contributed by atoms with E-state index in [-0.39, 0.29) is 11.1 Å². The van der Waals surface area contributed by atoms with Crippen molar-refractivity contribution in [3.63, 3.8) is 0 Å². The molecule has 5 heteroatoms. The Balaban J connectivity index is 2.59. The van der Waals surface area contributed by atoms with Crippen LogP contribution < -0.4 is 0 Å². The Hall–Kier alpha value is -1.33. The molecule has 0 aliphatic carbocycles. The lowest BCUT2D eigenvalue weighted by molar-refractivity contribution is 0.207. The summed E-state index contributed by atoms with van der Waals surface area (Å²) in [6, 6.07) is 5.95. The summed E-state index contributed by atoms with van der Waals surface area (Å²) >= 11 is 3.12. The van der Waals surface area contributed by atoms with E-state index >= 15 is 0 Å². The van der Waals surface area contributed by atoms with Gasteiger partial charge in [0.15, 0.2) is 0 Å². The molecule has 1 nitrogen and oxygen atoms in total. The average Bonchev–Trinajstić information content (AvgIpc) is 2.37. The number of aliphatic hydroxyl groups excluding tert-OH is 1. The first-order valence-electron chi connectivity index (χ1n) is 5.49. The predicted molar refractivity (Wildman–Crippen MR) is 69.3 cm³/mol. The van der Waals surface area contributed by atoms with Gasteiger partial charge in [-0.15, -0.1) is 0 Å². The fourth-order valence-electron chi connectivity index (χ4n) is 1.81. The van der Waals surface area contributed by atoms with Gasteiger partial charge in [0.05, 0.1) is 5.56 Å². The summed E-state index contributed by atoms with van der Waals surface area (Å²) in [5.74, 6) is -2.29. The maximum absolute atomic E-state index is 13.9. The van der Waals surface area contributed by atoms with Gasteiger partial charge in [0.1, 0.15) is 23.6 Å². The molecule has 0 bridgehead atoms. The molecule has 19 heavy (non-hydrogen) atoms. The molecule has 0 heterocycles. The van der Waals surface area contributed by atoms with Gasteiger partial charge >= 0.3 is 0 Å². The molecule has 0 saturated carbocycles. The number of rotatable bonds is 2. The van der Waals surface area contributed by atoms with E-state index in [4.69, 9.17) is 0 Å². The third kappa shape index (κ3) is 2.67. The molecule has 1 unspecified atom stereocenters. The van der Waals surface area contributed by atoms with Gasteiger partial charge in [-0.05, 0) is 36.8 Å². The molecule has 0 aliphatic rings. The average molecular weight is 331 g/mol. The Bertz CT molecular complexity index is 628. The van der Waals surface area contributed by atoms with E-state index in [9.17, 15) is 18.3 Å². The third-order valence-corrected chi connectivity index (χ3v) is 3.57. The second-order valence-electron chi connectivity index (χ2n) is 4.16. The number of aryl methyl sites for hydroxylation is 1. The van der Waals surface area contributed by atoms with E-state index in [1.165, 1.54) is 25.1 Å². The van der Waals surface area contributed by atoms with Crippen LogP contribution in [-0.2, 0) is 0 Å².